The molecule has 1 unspecified atom stereocenters. The maximum atomic E-state index is 12.3. The van der Waals surface area contributed by atoms with Gasteiger partial charge in [0.1, 0.15) is 0 Å². The normalized spacial score (nSPS) is 26.2. The standard InChI is InChI=1S/C12H23N3O/c13-7-6-11-5-1-2-10-15(11)12(16)14-8-3-4-9-14/h11H,1-10,13H2. The summed E-state index contributed by atoms with van der Waals surface area (Å²) < 4.78 is 0. The van der Waals surface area contributed by atoms with Gasteiger partial charge in [-0.3, -0.25) is 0 Å². The Kier molecular flexibility index (Phi) is 4.04. The number of nitrogens with two attached hydrogens (primary N) is 1. The lowest BCUT2D eigenvalue weighted by molar-refractivity contribution is 0.119. The molecule has 0 saturated carbocycles. The summed E-state index contributed by atoms with van der Waals surface area (Å²) >= 11 is 0. The number of hydrogen-bond donors (Lipinski definition) is 1. The van der Waals surface area contributed by atoms with Crippen LogP contribution in [0, 0.1) is 0 Å². The fraction of sp³-hybridized carbons (Fsp3) is 0.917. The largest absolute Gasteiger partial charge is 0.330 e. The van der Waals surface area contributed by atoms with E-state index in [9.17, 15) is 4.79 Å². The number of rotatable bonds is 2. The van der Waals surface area contributed by atoms with Gasteiger partial charge >= 0.3 is 6.03 Å². The van der Waals surface area contributed by atoms with Crippen LogP contribution in [0.25, 0.3) is 0 Å². The molecule has 0 aromatic rings. The first-order valence-corrected chi connectivity index (χ1v) is 6.58. The van der Waals surface area contributed by atoms with Gasteiger partial charge in [0.05, 0.1) is 0 Å². The summed E-state index contributed by atoms with van der Waals surface area (Å²) in [7, 11) is 0. The zero-order valence-corrected chi connectivity index (χ0v) is 10.0. The Bertz CT molecular complexity index is 236. The van der Waals surface area contributed by atoms with Crippen molar-refractivity contribution in [1.29, 1.82) is 0 Å². The Labute approximate surface area is 97.8 Å². The van der Waals surface area contributed by atoms with Gasteiger partial charge in [-0.1, -0.05) is 0 Å². The average Bonchev–Trinajstić information content (AvgIpc) is 2.83. The fourth-order valence-electron chi connectivity index (χ4n) is 2.83. The second-order valence-corrected chi connectivity index (χ2v) is 4.90. The molecule has 2 aliphatic heterocycles. The van der Waals surface area contributed by atoms with Gasteiger partial charge in [0.2, 0.25) is 0 Å². The number of nitrogens with zero attached hydrogens (tertiary/aromatic N) is 2. The Balaban J connectivity index is 1.95. The average molecular weight is 225 g/mol. The molecule has 2 saturated heterocycles. The van der Waals surface area contributed by atoms with Crippen molar-refractivity contribution in [3.05, 3.63) is 0 Å². The second kappa shape index (κ2) is 5.53. The van der Waals surface area contributed by atoms with E-state index >= 15 is 0 Å². The topological polar surface area (TPSA) is 49.6 Å². The molecule has 0 spiro atoms. The molecule has 0 aromatic heterocycles. The van der Waals surface area contributed by atoms with Crippen LogP contribution in [0.1, 0.15) is 38.5 Å². The quantitative estimate of drug-likeness (QED) is 0.772. The maximum Gasteiger partial charge on any atom is 0.320 e. The summed E-state index contributed by atoms with van der Waals surface area (Å²) in [5.74, 6) is 0. The van der Waals surface area contributed by atoms with Crippen LogP contribution >= 0.6 is 0 Å². The second-order valence-electron chi connectivity index (χ2n) is 4.90. The summed E-state index contributed by atoms with van der Waals surface area (Å²) in [6.07, 6.45) is 6.83. The summed E-state index contributed by atoms with van der Waals surface area (Å²) in [6, 6.07) is 0.655. The van der Waals surface area contributed by atoms with Gasteiger partial charge in [-0.2, -0.15) is 0 Å². The summed E-state index contributed by atoms with van der Waals surface area (Å²) in [5.41, 5.74) is 5.62. The third-order valence-corrected chi connectivity index (χ3v) is 3.75. The zero-order chi connectivity index (χ0) is 11.4. The van der Waals surface area contributed by atoms with Crippen LogP contribution in [0.3, 0.4) is 0 Å². The van der Waals surface area contributed by atoms with Crippen LogP contribution in [0.5, 0.6) is 0 Å². The lowest BCUT2D eigenvalue weighted by atomic mass is 10.00. The number of likely N-dealkylation sites (tertiary alicyclic amines) is 2. The van der Waals surface area contributed by atoms with Crippen LogP contribution in [0.4, 0.5) is 4.79 Å². The molecule has 2 N–H and O–H groups in total. The Hall–Kier alpha value is -0.770. The van der Waals surface area contributed by atoms with E-state index in [0.717, 1.165) is 38.9 Å². The minimum absolute atomic E-state index is 0.260. The van der Waals surface area contributed by atoms with E-state index < -0.39 is 0 Å². The van der Waals surface area contributed by atoms with E-state index in [0.29, 0.717) is 12.6 Å². The summed E-state index contributed by atoms with van der Waals surface area (Å²) in [4.78, 5) is 16.4. The molecule has 4 heteroatoms. The Morgan fingerprint density at radius 1 is 1.12 bits per heavy atom. The lowest BCUT2D eigenvalue weighted by Crippen LogP contribution is -2.50. The molecule has 2 aliphatic rings. The highest BCUT2D eigenvalue weighted by Crippen LogP contribution is 2.22. The molecule has 0 radical (unpaired) electrons. The van der Waals surface area contributed by atoms with Crippen molar-refractivity contribution in [3.63, 3.8) is 0 Å². The van der Waals surface area contributed by atoms with Crippen LogP contribution in [0.2, 0.25) is 0 Å². The van der Waals surface area contributed by atoms with E-state index in [1.807, 2.05) is 4.90 Å². The van der Waals surface area contributed by atoms with Crippen molar-refractivity contribution >= 4 is 6.03 Å². The van der Waals surface area contributed by atoms with Crippen molar-refractivity contribution in [3.8, 4) is 0 Å². The van der Waals surface area contributed by atoms with Gasteiger partial charge in [-0.25, -0.2) is 4.79 Å². The first-order chi connectivity index (χ1) is 7.83. The van der Waals surface area contributed by atoms with E-state index in [-0.39, 0.29) is 6.03 Å². The molecule has 2 fully saturated rings. The highest BCUT2D eigenvalue weighted by Gasteiger charge is 2.30. The molecular formula is C12H23N3O. The van der Waals surface area contributed by atoms with Gasteiger partial charge < -0.3 is 15.5 Å². The van der Waals surface area contributed by atoms with Crippen molar-refractivity contribution in [2.24, 2.45) is 5.73 Å². The van der Waals surface area contributed by atoms with E-state index in [1.54, 1.807) is 0 Å². The van der Waals surface area contributed by atoms with Crippen LogP contribution < -0.4 is 5.73 Å². The van der Waals surface area contributed by atoms with Crippen LogP contribution in [-0.4, -0.2) is 48.1 Å². The van der Waals surface area contributed by atoms with Gasteiger partial charge in [0, 0.05) is 25.7 Å². The number of amides is 2. The minimum atomic E-state index is 0.260. The molecule has 2 amide bonds. The molecule has 0 bridgehead atoms. The number of carbonyl (C=O) groups is 1. The van der Waals surface area contributed by atoms with Crippen molar-refractivity contribution in [2.75, 3.05) is 26.2 Å². The third kappa shape index (κ3) is 2.48. The van der Waals surface area contributed by atoms with Crippen LogP contribution in [-0.2, 0) is 0 Å². The molecule has 92 valence electrons. The molecule has 2 rings (SSSR count). The third-order valence-electron chi connectivity index (χ3n) is 3.75. The molecular weight excluding hydrogens is 202 g/mol. The molecule has 0 aromatic carbocycles. The maximum absolute atomic E-state index is 12.3. The van der Waals surface area contributed by atoms with Gasteiger partial charge in [0.25, 0.3) is 0 Å². The lowest BCUT2D eigenvalue weighted by Gasteiger charge is -2.38. The Morgan fingerprint density at radius 2 is 1.81 bits per heavy atom. The fourth-order valence-corrected chi connectivity index (χ4v) is 2.83. The number of hydrogen-bond acceptors (Lipinski definition) is 2. The Morgan fingerprint density at radius 3 is 2.50 bits per heavy atom. The van der Waals surface area contributed by atoms with Crippen molar-refractivity contribution < 1.29 is 4.79 Å². The van der Waals surface area contributed by atoms with Gasteiger partial charge in [0.15, 0.2) is 0 Å². The van der Waals surface area contributed by atoms with Gasteiger partial charge in [-0.15, -0.1) is 0 Å². The highest BCUT2D eigenvalue weighted by atomic mass is 16.2. The zero-order valence-electron chi connectivity index (χ0n) is 10.0. The molecule has 16 heavy (non-hydrogen) atoms. The van der Waals surface area contributed by atoms with E-state index in [4.69, 9.17) is 5.73 Å². The predicted octanol–water partition coefficient (Wildman–Crippen LogP) is 1.41. The van der Waals surface area contributed by atoms with Crippen LogP contribution in [0.15, 0.2) is 0 Å². The minimum Gasteiger partial charge on any atom is -0.330 e. The summed E-state index contributed by atoms with van der Waals surface area (Å²) in [6.45, 7) is 3.52. The number of urea groups is 1. The first kappa shape index (κ1) is 11.7. The molecule has 0 aliphatic carbocycles. The number of piperidine rings is 1. The van der Waals surface area contributed by atoms with Gasteiger partial charge in [-0.05, 0) is 45.1 Å². The molecule has 4 nitrogen and oxygen atoms in total. The van der Waals surface area contributed by atoms with Crippen molar-refractivity contribution in [2.45, 2.75) is 44.6 Å². The van der Waals surface area contributed by atoms with E-state index in [2.05, 4.69) is 4.90 Å². The molecule has 2 heterocycles. The smallest absolute Gasteiger partial charge is 0.320 e. The summed E-state index contributed by atoms with van der Waals surface area (Å²) in [5, 5.41) is 0. The monoisotopic (exact) mass is 225 g/mol. The number of carbonyl (C=O) groups excluding carboxylic acids is 1. The first-order valence-electron chi connectivity index (χ1n) is 6.58. The highest BCUT2D eigenvalue weighted by molar-refractivity contribution is 5.75. The van der Waals surface area contributed by atoms with E-state index in [1.165, 1.54) is 19.3 Å². The van der Waals surface area contributed by atoms with Crippen molar-refractivity contribution in [1.82, 2.24) is 9.80 Å². The SMILES string of the molecule is NCCC1CCCCN1C(=O)N1CCCC1. The predicted molar refractivity (Wildman–Crippen MR) is 64.2 cm³/mol. The molecule has 1 atom stereocenters.